The van der Waals surface area contributed by atoms with E-state index in [2.05, 4.69) is 67.6 Å². The second-order valence-electron chi connectivity index (χ2n) is 15.1. The summed E-state index contributed by atoms with van der Waals surface area (Å²) in [5.41, 5.74) is 4.91. The van der Waals surface area contributed by atoms with E-state index >= 15 is 0 Å². The summed E-state index contributed by atoms with van der Waals surface area (Å²) in [5.74, 6) is 3.01. The average molecular weight is 486 g/mol. The molecule has 0 spiro atoms. The van der Waals surface area contributed by atoms with Crippen LogP contribution in [-0.2, 0) is 0 Å². The maximum atomic E-state index is 10.9. The minimum atomic E-state index is -0.134. The number of hydrogen-bond acceptors (Lipinski definition) is 2. The first-order valence-electron chi connectivity index (χ1n) is 15.5. The fourth-order valence-electron chi connectivity index (χ4n) is 10.3. The zero-order valence-electron chi connectivity index (χ0n) is 24.9. The van der Waals surface area contributed by atoms with E-state index in [0.717, 1.165) is 30.7 Å². The van der Waals surface area contributed by atoms with E-state index < -0.39 is 0 Å². The lowest BCUT2D eigenvalue weighted by molar-refractivity contribution is -0.0962. The summed E-state index contributed by atoms with van der Waals surface area (Å²) < 4.78 is 0. The summed E-state index contributed by atoms with van der Waals surface area (Å²) in [6.07, 6.45) is 14.0. The van der Waals surface area contributed by atoms with E-state index in [1.54, 1.807) is 0 Å². The number of rotatable bonds is 8. The molecule has 35 heavy (non-hydrogen) atoms. The van der Waals surface area contributed by atoms with Crippen molar-refractivity contribution in [3.63, 3.8) is 0 Å². The average Bonchev–Trinajstić information content (AvgIpc) is 3.08. The van der Waals surface area contributed by atoms with Gasteiger partial charge in [0.2, 0.25) is 0 Å². The molecule has 2 N–H and O–H groups in total. The largest absolute Gasteiger partial charge is 0.393 e. The SMILES string of the molecule is CCCNC(CCC(C)C1CCC2(C)C3=C(CCC12C)C1(C)CCC(O)C(C)(C)C1CC3)C(C)C. The summed E-state index contributed by atoms with van der Waals surface area (Å²) in [6, 6.07) is 0.666. The van der Waals surface area contributed by atoms with Crippen LogP contribution in [0.4, 0.5) is 0 Å². The quantitative estimate of drug-likeness (QED) is 0.338. The van der Waals surface area contributed by atoms with Gasteiger partial charge in [-0.25, -0.2) is 0 Å². The monoisotopic (exact) mass is 485 g/mol. The molecule has 2 nitrogen and oxygen atoms in total. The first-order chi connectivity index (χ1) is 16.3. The van der Waals surface area contributed by atoms with Gasteiger partial charge in [-0.1, -0.05) is 73.5 Å². The smallest absolute Gasteiger partial charge is 0.0594 e. The molecule has 202 valence electrons. The molecule has 4 aliphatic rings. The third-order valence-corrected chi connectivity index (χ3v) is 12.9. The molecule has 0 aromatic rings. The first-order valence-corrected chi connectivity index (χ1v) is 15.5. The molecule has 0 saturated heterocycles. The Labute approximate surface area is 218 Å². The number of fused-ring (bicyclic) bond motifs is 4. The van der Waals surface area contributed by atoms with Gasteiger partial charge in [-0.15, -0.1) is 0 Å². The molecule has 2 saturated carbocycles. The summed E-state index contributed by atoms with van der Waals surface area (Å²) >= 11 is 0. The van der Waals surface area contributed by atoms with Crippen LogP contribution in [0, 0.1) is 45.3 Å². The Bertz CT molecular complexity index is 797. The van der Waals surface area contributed by atoms with E-state index in [0.29, 0.717) is 28.2 Å². The van der Waals surface area contributed by atoms with Crippen LogP contribution in [0.2, 0.25) is 0 Å². The molecule has 0 aromatic carbocycles. The summed E-state index contributed by atoms with van der Waals surface area (Å²) in [4.78, 5) is 0. The summed E-state index contributed by atoms with van der Waals surface area (Å²) in [5, 5.41) is 14.7. The van der Waals surface area contributed by atoms with E-state index in [9.17, 15) is 5.11 Å². The fraction of sp³-hybridized carbons (Fsp3) is 0.939. The Balaban J connectivity index is 1.55. The fourth-order valence-corrected chi connectivity index (χ4v) is 10.3. The van der Waals surface area contributed by atoms with Crippen molar-refractivity contribution in [3.05, 3.63) is 11.1 Å². The van der Waals surface area contributed by atoms with Crippen molar-refractivity contribution in [1.29, 1.82) is 0 Å². The molecule has 0 radical (unpaired) electrons. The number of aliphatic hydroxyl groups excluding tert-OH is 1. The topological polar surface area (TPSA) is 32.3 Å². The lowest BCUT2D eigenvalue weighted by Gasteiger charge is -2.62. The Hall–Kier alpha value is -0.340. The standard InChI is InChI=1S/C33H59NO/c1-10-21-34-27(22(2)3)13-11-23(4)24-15-19-33(9)26-12-14-28-30(5,6)29(35)17-18-31(28,7)25(26)16-20-32(24,33)8/h22-24,27-29,34-35H,10-21H2,1-9H3. The van der Waals surface area contributed by atoms with E-state index in [1.807, 2.05) is 11.1 Å². The highest BCUT2D eigenvalue weighted by atomic mass is 16.3. The molecule has 0 heterocycles. The molecule has 2 heteroatoms. The number of aliphatic hydroxyl groups is 1. The molecular formula is C33H59NO. The molecule has 8 atom stereocenters. The van der Waals surface area contributed by atoms with Gasteiger partial charge in [-0.05, 0) is 123 Å². The zero-order valence-corrected chi connectivity index (χ0v) is 24.9. The van der Waals surface area contributed by atoms with Crippen LogP contribution >= 0.6 is 0 Å². The molecule has 0 amide bonds. The highest BCUT2D eigenvalue weighted by Crippen LogP contribution is 2.72. The van der Waals surface area contributed by atoms with Crippen LogP contribution in [0.5, 0.6) is 0 Å². The highest BCUT2D eigenvalue weighted by molar-refractivity contribution is 5.38. The Morgan fingerprint density at radius 1 is 0.886 bits per heavy atom. The van der Waals surface area contributed by atoms with E-state index in [-0.39, 0.29) is 11.5 Å². The van der Waals surface area contributed by atoms with Crippen molar-refractivity contribution in [2.45, 2.75) is 145 Å². The van der Waals surface area contributed by atoms with Crippen molar-refractivity contribution in [1.82, 2.24) is 5.32 Å². The lowest BCUT2D eigenvalue weighted by Crippen LogP contribution is -2.55. The van der Waals surface area contributed by atoms with Crippen molar-refractivity contribution in [2.24, 2.45) is 45.3 Å². The third kappa shape index (κ3) is 4.29. The highest BCUT2D eigenvalue weighted by Gasteiger charge is 2.63. The predicted molar refractivity (Wildman–Crippen MR) is 150 cm³/mol. The molecule has 4 aliphatic carbocycles. The van der Waals surface area contributed by atoms with Gasteiger partial charge in [0.1, 0.15) is 0 Å². The van der Waals surface area contributed by atoms with E-state index in [4.69, 9.17) is 0 Å². The lowest BCUT2D eigenvalue weighted by atomic mass is 9.43. The Morgan fingerprint density at radius 2 is 1.60 bits per heavy atom. The predicted octanol–water partition coefficient (Wildman–Crippen LogP) is 8.54. The van der Waals surface area contributed by atoms with Gasteiger partial charge < -0.3 is 10.4 Å². The van der Waals surface area contributed by atoms with Crippen LogP contribution < -0.4 is 5.32 Å². The number of nitrogens with one attached hydrogen (secondary N) is 1. The molecule has 0 aliphatic heterocycles. The Kier molecular flexibility index (Phi) is 7.72. The molecule has 4 rings (SSSR count). The first kappa shape index (κ1) is 27.7. The minimum absolute atomic E-state index is 0.0404. The van der Waals surface area contributed by atoms with Crippen LogP contribution in [0.25, 0.3) is 0 Å². The second kappa shape index (κ2) is 9.76. The van der Waals surface area contributed by atoms with Crippen LogP contribution in [-0.4, -0.2) is 23.8 Å². The number of allylic oxidation sites excluding steroid dienone is 2. The maximum Gasteiger partial charge on any atom is 0.0594 e. The number of hydrogen-bond donors (Lipinski definition) is 2. The molecule has 0 bridgehead atoms. The van der Waals surface area contributed by atoms with Crippen molar-refractivity contribution < 1.29 is 5.11 Å². The van der Waals surface area contributed by atoms with Gasteiger partial charge in [-0.2, -0.15) is 0 Å². The molecular weight excluding hydrogens is 426 g/mol. The van der Waals surface area contributed by atoms with Crippen LogP contribution in [0.3, 0.4) is 0 Å². The molecule has 2 fully saturated rings. The maximum absolute atomic E-state index is 10.9. The summed E-state index contributed by atoms with van der Waals surface area (Å²) in [7, 11) is 0. The van der Waals surface area contributed by atoms with Crippen molar-refractivity contribution >= 4 is 0 Å². The third-order valence-electron chi connectivity index (χ3n) is 12.9. The molecule has 0 aromatic heterocycles. The zero-order chi connectivity index (χ0) is 25.8. The van der Waals surface area contributed by atoms with Gasteiger partial charge in [-0.3, -0.25) is 0 Å². The van der Waals surface area contributed by atoms with Gasteiger partial charge in [0.15, 0.2) is 0 Å². The van der Waals surface area contributed by atoms with Gasteiger partial charge in [0.25, 0.3) is 0 Å². The Morgan fingerprint density at radius 3 is 2.26 bits per heavy atom. The molecule has 8 unspecified atom stereocenters. The van der Waals surface area contributed by atoms with E-state index in [1.165, 1.54) is 64.2 Å². The normalized spacial score (nSPS) is 42.4. The van der Waals surface area contributed by atoms with Gasteiger partial charge in [0.05, 0.1) is 6.10 Å². The van der Waals surface area contributed by atoms with Crippen LogP contribution in [0.1, 0.15) is 133 Å². The van der Waals surface area contributed by atoms with Crippen molar-refractivity contribution in [2.75, 3.05) is 6.54 Å². The van der Waals surface area contributed by atoms with Gasteiger partial charge >= 0.3 is 0 Å². The van der Waals surface area contributed by atoms with Gasteiger partial charge in [0, 0.05) is 6.04 Å². The van der Waals surface area contributed by atoms with Crippen molar-refractivity contribution in [3.8, 4) is 0 Å². The summed E-state index contributed by atoms with van der Waals surface area (Å²) in [6.45, 7) is 23.5. The minimum Gasteiger partial charge on any atom is -0.393 e. The second-order valence-corrected chi connectivity index (χ2v) is 15.1. The van der Waals surface area contributed by atoms with Crippen LogP contribution in [0.15, 0.2) is 11.1 Å².